The average Bonchev–Trinajstić information content (AvgIpc) is 2.80. The molecular formula is C13H9F3N4S2. The molecule has 0 spiro atoms. The van der Waals surface area contributed by atoms with Crippen LogP contribution in [0.25, 0.3) is 10.2 Å². The van der Waals surface area contributed by atoms with Gasteiger partial charge in [-0.3, -0.25) is 0 Å². The fourth-order valence-corrected chi connectivity index (χ4v) is 4.05. The number of nitrogens with zero attached hydrogens (tertiary/aromatic N) is 2. The second-order valence-corrected chi connectivity index (χ2v) is 6.78. The summed E-state index contributed by atoms with van der Waals surface area (Å²) in [5, 5.41) is 0.647. The normalized spacial score (nSPS) is 12.0. The third-order valence-corrected chi connectivity index (χ3v) is 4.93. The third kappa shape index (κ3) is 2.95. The summed E-state index contributed by atoms with van der Waals surface area (Å²) >= 11 is 2.52. The number of benzene rings is 1. The van der Waals surface area contributed by atoms with E-state index in [0.29, 0.717) is 15.1 Å². The van der Waals surface area contributed by atoms with Crippen molar-refractivity contribution in [3.8, 4) is 0 Å². The zero-order chi connectivity index (χ0) is 15.9. The largest absolute Gasteiger partial charge is 0.416 e. The third-order valence-electron chi connectivity index (χ3n) is 2.80. The zero-order valence-corrected chi connectivity index (χ0v) is 12.5. The Bertz CT molecular complexity index is 845. The highest BCUT2D eigenvalue weighted by Crippen LogP contribution is 2.39. The molecule has 4 nitrogen and oxygen atoms in total. The zero-order valence-electron chi connectivity index (χ0n) is 10.9. The molecular weight excluding hydrogens is 333 g/mol. The number of nitrogen functional groups attached to an aromatic ring is 2. The minimum atomic E-state index is -4.36. The maximum atomic E-state index is 12.7. The Hall–Kier alpha value is -2.00. The fourth-order valence-electron chi connectivity index (χ4n) is 1.84. The Kier molecular flexibility index (Phi) is 3.61. The number of anilines is 2. The van der Waals surface area contributed by atoms with Gasteiger partial charge in [-0.25, -0.2) is 4.98 Å². The van der Waals surface area contributed by atoms with Crippen LogP contribution in [0.4, 0.5) is 24.9 Å². The molecule has 0 aliphatic carbocycles. The van der Waals surface area contributed by atoms with Crippen LogP contribution in [-0.2, 0) is 6.18 Å². The molecule has 0 aliphatic heterocycles. The Balaban J connectivity index is 1.95. The molecule has 1 aromatic carbocycles. The maximum absolute atomic E-state index is 12.7. The Morgan fingerprint density at radius 1 is 1.09 bits per heavy atom. The summed E-state index contributed by atoms with van der Waals surface area (Å²) in [6, 6.07) is 6.90. The van der Waals surface area contributed by atoms with Crippen LogP contribution in [0.2, 0.25) is 0 Å². The molecule has 0 fully saturated rings. The van der Waals surface area contributed by atoms with Crippen LogP contribution in [-0.4, -0.2) is 9.97 Å². The lowest BCUT2D eigenvalue weighted by atomic mass is 10.2. The fraction of sp³-hybridized carbons (Fsp3) is 0.0769. The lowest BCUT2D eigenvalue weighted by Crippen LogP contribution is -2.04. The van der Waals surface area contributed by atoms with Crippen molar-refractivity contribution in [1.82, 2.24) is 9.97 Å². The van der Waals surface area contributed by atoms with E-state index in [-0.39, 0.29) is 11.8 Å². The van der Waals surface area contributed by atoms with Crippen molar-refractivity contribution in [3.63, 3.8) is 0 Å². The standard InChI is InChI=1S/C13H9F3N4S2/c14-13(15,16)6-2-1-3-7(4-6)21-9-5-8-10(17)19-12(18)20-11(8)22-9/h1-5H,(H4,17,18,19,20). The molecule has 0 aliphatic rings. The van der Waals surface area contributed by atoms with Gasteiger partial charge < -0.3 is 11.5 Å². The molecule has 22 heavy (non-hydrogen) atoms. The summed E-state index contributed by atoms with van der Waals surface area (Å²) in [7, 11) is 0. The number of hydrogen-bond acceptors (Lipinski definition) is 6. The van der Waals surface area contributed by atoms with E-state index in [4.69, 9.17) is 11.5 Å². The lowest BCUT2D eigenvalue weighted by molar-refractivity contribution is -0.137. The molecule has 2 heterocycles. The second kappa shape index (κ2) is 5.33. The van der Waals surface area contributed by atoms with Gasteiger partial charge in [-0.1, -0.05) is 17.8 Å². The van der Waals surface area contributed by atoms with E-state index in [0.717, 1.165) is 16.3 Å². The Labute approximate surface area is 131 Å². The van der Waals surface area contributed by atoms with E-state index in [1.807, 2.05) is 0 Å². The predicted molar refractivity (Wildman–Crippen MR) is 81.8 cm³/mol. The molecule has 0 atom stereocenters. The molecule has 0 amide bonds. The summed E-state index contributed by atoms with van der Waals surface area (Å²) in [5.74, 6) is 0.331. The second-order valence-electron chi connectivity index (χ2n) is 4.38. The number of hydrogen-bond donors (Lipinski definition) is 2. The van der Waals surface area contributed by atoms with Crippen molar-refractivity contribution in [2.24, 2.45) is 0 Å². The molecule has 2 aromatic heterocycles. The number of thiophene rings is 1. The van der Waals surface area contributed by atoms with Gasteiger partial charge in [-0.2, -0.15) is 18.2 Å². The number of halogens is 3. The van der Waals surface area contributed by atoms with Gasteiger partial charge in [0, 0.05) is 4.90 Å². The van der Waals surface area contributed by atoms with Crippen molar-refractivity contribution in [2.45, 2.75) is 15.3 Å². The summed E-state index contributed by atoms with van der Waals surface area (Å²) in [6.45, 7) is 0. The topological polar surface area (TPSA) is 77.8 Å². The minimum absolute atomic E-state index is 0.0717. The van der Waals surface area contributed by atoms with Gasteiger partial charge >= 0.3 is 6.18 Å². The van der Waals surface area contributed by atoms with Gasteiger partial charge in [0.15, 0.2) is 0 Å². The minimum Gasteiger partial charge on any atom is -0.383 e. The molecule has 0 radical (unpaired) electrons. The van der Waals surface area contributed by atoms with E-state index >= 15 is 0 Å². The van der Waals surface area contributed by atoms with Crippen molar-refractivity contribution in [3.05, 3.63) is 35.9 Å². The smallest absolute Gasteiger partial charge is 0.383 e. The quantitative estimate of drug-likeness (QED) is 0.735. The Morgan fingerprint density at radius 3 is 2.59 bits per heavy atom. The first-order valence-electron chi connectivity index (χ1n) is 6.00. The van der Waals surface area contributed by atoms with E-state index in [1.165, 1.54) is 29.2 Å². The van der Waals surface area contributed by atoms with Crippen LogP contribution in [0.5, 0.6) is 0 Å². The van der Waals surface area contributed by atoms with Gasteiger partial charge in [0.25, 0.3) is 0 Å². The number of alkyl halides is 3. The number of fused-ring (bicyclic) bond motifs is 1. The van der Waals surface area contributed by atoms with Gasteiger partial charge in [0.1, 0.15) is 10.6 Å². The van der Waals surface area contributed by atoms with E-state index in [1.54, 1.807) is 12.1 Å². The summed E-state index contributed by atoms with van der Waals surface area (Å²) in [4.78, 5) is 9.03. The number of rotatable bonds is 2. The van der Waals surface area contributed by atoms with Gasteiger partial charge in [-0.05, 0) is 24.3 Å². The average molecular weight is 342 g/mol. The van der Waals surface area contributed by atoms with E-state index < -0.39 is 11.7 Å². The van der Waals surface area contributed by atoms with Crippen molar-refractivity contribution < 1.29 is 13.2 Å². The van der Waals surface area contributed by atoms with Gasteiger partial charge in [-0.15, -0.1) is 11.3 Å². The highest BCUT2D eigenvalue weighted by Gasteiger charge is 2.30. The van der Waals surface area contributed by atoms with Crippen LogP contribution in [0.15, 0.2) is 39.4 Å². The van der Waals surface area contributed by atoms with Crippen LogP contribution in [0.1, 0.15) is 5.56 Å². The van der Waals surface area contributed by atoms with Gasteiger partial charge in [0.05, 0.1) is 15.2 Å². The van der Waals surface area contributed by atoms with Crippen LogP contribution >= 0.6 is 23.1 Å². The van der Waals surface area contributed by atoms with Crippen molar-refractivity contribution >= 4 is 45.1 Å². The lowest BCUT2D eigenvalue weighted by Gasteiger charge is -2.07. The molecule has 0 unspecified atom stereocenters. The number of aromatic nitrogens is 2. The van der Waals surface area contributed by atoms with E-state index in [2.05, 4.69) is 9.97 Å². The molecule has 4 N–H and O–H groups in total. The highest BCUT2D eigenvalue weighted by atomic mass is 32.2. The first-order chi connectivity index (χ1) is 10.3. The first-order valence-corrected chi connectivity index (χ1v) is 7.64. The summed E-state index contributed by atoms with van der Waals surface area (Å²) in [6.07, 6.45) is -4.36. The van der Waals surface area contributed by atoms with Crippen molar-refractivity contribution in [1.29, 1.82) is 0 Å². The molecule has 9 heteroatoms. The number of nitrogens with two attached hydrogens (primary N) is 2. The molecule has 114 valence electrons. The summed E-state index contributed by atoms with van der Waals surface area (Å²) in [5.41, 5.74) is 10.6. The predicted octanol–water partition coefficient (Wildman–Crippen LogP) is 4.03. The highest BCUT2D eigenvalue weighted by molar-refractivity contribution is 8.01. The molecule has 3 aromatic rings. The van der Waals surface area contributed by atoms with Crippen LogP contribution in [0.3, 0.4) is 0 Å². The van der Waals surface area contributed by atoms with E-state index in [9.17, 15) is 13.2 Å². The van der Waals surface area contributed by atoms with Crippen LogP contribution in [0, 0.1) is 0 Å². The SMILES string of the molecule is Nc1nc(N)c2cc(Sc3cccc(C(F)(F)F)c3)sc2n1. The summed E-state index contributed by atoms with van der Waals surface area (Å²) < 4.78 is 38.9. The Morgan fingerprint density at radius 2 is 1.86 bits per heavy atom. The monoisotopic (exact) mass is 342 g/mol. The van der Waals surface area contributed by atoms with Crippen molar-refractivity contribution in [2.75, 3.05) is 11.5 Å². The van der Waals surface area contributed by atoms with Gasteiger partial charge in [0.2, 0.25) is 5.95 Å². The first kappa shape index (κ1) is 14.9. The molecule has 0 saturated carbocycles. The maximum Gasteiger partial charge on any atom is 0.416 e. The van der Waals surface area contributed by atoms with Crippen LogP contribution < -0.4 is 11.5 Å². The molecule has 0 saturated heterocycles. The molecule has 3 rings (SSSR count). The molecule has 0 bridgehead atoms.